The van der Waals surface area contributed by atoms with E-state index in [-0.39, 0.29) is 12.2 Å². The van der Waals surface area contributed by atoms with Crippen LogP contribution in [0.5, 0.6) is 0 Å². The molecule has 0 radical (unpaired) electrons. The molecule has 29 heavy (non-hydrogen) atoms. The highest BCUT2D eigenvalue weighted by molar-refractivity contribution is 5.89. The average molecular weight is 389 g/mol. The molecule has 0 fully saturated rings. The SMILES string of the molecule is Cc1cc(C(=O)O)ccc1-c1ccc(CCNC(=O)OCc2ccccc2)cc1. The summed E-state index contributed by atoms with van der Waals surface area (Å²) in [5.41, 5.74) is 5.28. The van der Waals surface area contributed by atoms with Crippen LogP contribution >= 0.6 is 0 Å². The number of nitrogens with one attached hydrogen (secondary N) is 1. The molecular formula is C24H23NO4. The lowest BCUT2D eigenvalue weighted by Crippen LogP contribution is -2.26. The van der Waals surface area contributed by atoms with Crippen molar-refractivity contribution in [1.82, 2.24) is 5.32 Å². The Morgan fingerprint density at radius 2 is 1.66 bits per heavy atom. The van der Waals surface area contributed by atoms with Crippen LogP contribution in [-0.4, -0.2) is 23.7 Å². The van der Waals surface area contributed by atoms with Gasteiger partial charge in [0, 0.05) is 6.54 Å². The van der Waals surface area contributed by atoms with Gasteiger partial charge in [0.1, 0.15) is 6.61 Å². The van der Waals surface area contributed by atoms with E-state index in [0.717, 1.165) is 27.8 Å². The van der Waals surface area contributed by atoms with E-state index in [9.17, 15) is 9.59 Å². The predicted octanol–water partition coefficient (Wildman–Crippen LogP) is 4.83. The Morgan fingerprint density at radius 3 is 2.31 bits per heavy atom. The van der Waals surface area contributed by atoms with E-state index < -0.39 is 12.1 Å². The first-order valence-electron chi connectivity index (χ1n) is 9.41. The van der Waals surface area contributed by atoms with Crippen LogP contribution in [0.4, 0.5) is 4.79 Å². The first kappa shape index (κ1) is 20.1. The van der Waals surface area contributed by atoms with E-state index in [0.29, 0.717) is 13.0 Å². The van der Waals surface area contributed by atoms with Gasteiger partial charge in [0.15, 0.2) is 0 Å². The van der Waals surface area contributed by atoms with Gasteiger partial charge in [0.2, 0.25) is 0 Å². The number of ether oxygens (including phenoxy) is 1. The quantitative estimate of drug-likeness (QED) is 0.607. The maximum atomic E-state index is 11.8. The highest BCUT2D eigenvalue weighted by Crippen LogP contribution is 2.24. The van der Waals surface area contributed by atoms with Crippen molar-refractivity contribution in [1.29, 1.82) is 0 Å². The van der Waals surface area contributed by atoms with Gasteiger partial charge in [-0.15, -0.1) is 0 Å². The van der Waals surface area contributed by atoms with Crippen LogP contribution in [-0.2, 0) is 17.8 Å². The molecule has 3 aromatic carbocycles. The van der Waals surface area contributed by atoms with Crippen molar-refractivity contribution in [3.8, 4) is 11.1 Å². The summed E-state index contributed by atoms with van der Waals surface area (Å²) >= 11 is 0. The third kappa shape index (κ3) is 5.69. The van der Waals surface area contributed by atoms with E-state index in [2.05, 4.69) is 5.32 Å². The number of alkyl carbamates (subject to hydrolysis) is 1. The Balaban J connectivity index is 1.49. The molecule has 3 aromatic rings. The topological polar surface area (TPSA) is 75.6 Å². The normalized spacial score (nSPS) is 10.4. The summed E-state index contributed by atoms with van der Waals surface area (Å²) in [4.78, 5) is 22.9. The number of carbonyl (C=O) groups is 2. The molecule has 0 heterocycles. The zero-order chi connectivity index (χ0) is 20.6. The van der Waals surface area contributed by atoms with E-state index in [1.165, 1.54) is 0 Å². The molecule has 1 amide bonds. The summed E-state index contributed by atoms with van der Waals surface area (Å²) < 4.78 is 5.19. The first-order chi connectivity index (χ1) is 14.0. The van der Waals surface area contributed by atoms with Gasteiger partial charge in [0.25, 0.3) is 0 Å². The van der Waals surface area contributed by atoms with Gasteiger partial charge in [-0.3, -0.25) is 0 Å². The van der Waals surface area contributed by atoms with E-state index in [4.69, 9.17) is 9.84 Å². The molecule has 0 saturated heterocycles. The number of amides is 1. The second-order valence-corrected chi connectivity index (χ2v) is 6.77. The molecule has 0 saturated carbocycles. The van der Waals surface area contributed by atoms with Crippen LogP contribution in [0.3, 0.4) is 0 Å². The van der Waals surface area contributed by atoms with E-state index in [1.54, 1.807) is 12.1 Å². The van der Waals surface area contributed by atoms with Gasteiger partial charge in [-0.1, -0.05) is 60.7 Å². The predicted molar refractivity (Wildman–Crippen MR) is 112 cm³/mol. The lowest BCUT2D eigenvalue weighted by Gasteiger charge is -2.09. The molecule has 0 aliphatic rings. The summed E-state index contributed by atoms with van der Waals surface area (Å²) in [5, 5.41) is 11.8. The van der Waals surface area contributed by atoms with Crippen LogP contribution in [0.1, 0.15) is 27.0 Å². The van der Waals surface area contributed by atoms with Crippen molar-refractivity contribution in [3.63, 3.8) is 0 Å². The van der Waals surface area contributed by atoms with Crippen molar-refractivity contribution in [3.05, 3.63) is 95.1 Å². The minimum absolute atomic E-state index is 0.251. The number of hydrogen-bond donors (Lipinski definition) is 2. The molecule has 0 unspecified atom stereocenters. The monoisotopic (exact) mass is 389 g/mol. The van der Waals surface area contributed by atoms with Crippen molar-refractivity contribution < 1.29 is 19.4 Å². The zero-order valence-electron chi connectivity index (χ0n) is 16.2. The Hall–Kier alpha value is -3.60. The summed E-state index contributed by atoms with van der Waals surface area (Å²) in [5.74, 6) is -0.926. The molecule has 0 spiro atoms. The van der Waals surface area contributed by atoms with Gasteiger partial charge in [-0.05, 0) is 53.3 Å². The molecule has 0 aliphatic heterocycles. The fourth-order valence-corrected chi connectivity index (χ4v) is 3.05. The Bertz CT molecular complexity index is 982. The Morgan fingerprint density at radius 1 is 0.931 bits per heavy atom. The summed E-state index contributed by atoms with van der Waals surface area (Å²) in [6, 6.07) is 22.7. The van der Waals surface area contributed by atoms with E-state index >= 15 is 0 Å². The van der Waals surface area contributed by atoms with Gasteiger partial charge < -0.3 is 15.2 Å². The second kappa shape index (κ2) is 9.55. The highest BCUT2D eigenvalue weighted by atomic mass is 16.5. The third-order valence-electron chi connectivity index (χ3n) is 4.63. The summed E-state index contributed by atoms with van der Waals surface area (Å²) in [6.07, 6.45) is 0.261. The first-order valence-corrected chi connectivity index (χ1v) is 9.41. The third-order valence-corrected chi connectivity index (χ3v) is 4.63. The molecule has 0 aromatic heterocycles. The fourth-order valence-electron chi connectivity index (χ4n) is 3.05. The molecular weight excluding hydrogens is 366 g/mol. The molecule has 5 heteroatoms. The number of carboxylic acids is 1. The molecule has 5 nitrogen and oxygen atoms in total. The Kier molecular flexibility index (Phi) is 6.63. The van der Waals surface area contributed by atoms with Crippen molar-refractivity contribution in [2.75, 3.05) is 6.54 Å². The maximum absolute atomic E-state index is 11.8. The van der Waals surface area contributed by atoms with Gasteiger partial charge in [0.05, 0.1) is 5.56 Å². The van der Waals surface area contributed by atoms with Crippen LogP contribution in [0.25, 0.3) is 11.1 Å². The Labute approximate surface area is 170 Å². The average Bonchev–Trinajstić information content (AvgIpc) is 2.73. The molecule has 0 bridgehead atoms. The number of carboxylic acid groups (broad SMARTS) is 1. The highest BCUT2D eigenvalue weighted by Gasteiger charge is 2.08. The molecule has 2 N–H and O–H groups in total. The van der Waals surface area contributed by atoms with Crippen molar-refractivity contribution in [2.45, 2.75) is 20.0 Å². The number of hydrogen-bond acceptors (Lipinski definition) is 3. The van der Waals surface area contributed by atoms with Crippen LogP contribution in [0, 0.1) is 6.92 Å². The smallest absolute Gasteiger partial charge is 0.407 e. The van der Waals surface area contributed by atoms with Gasteiger partial charge >= 0.3 is 12.1 Å². The lowest BCUT2D eigenvalue weighted by molar-refractivity contribution is 0.0696. The van der Waals surface area contributed by atoms with Crippen LogP contribution < -0.4 is 5.32 Å². The van der Waals surface area contributed by atoms with E-state index in [1.807, 2.05) is 67.6 Å². The summed E-state index contributed by atoms with van der Waals surface area (Å²) in [7, 11) is 0. The number of aromatic carboxylic acids is 1. The standard InChI is InChI=1S/C24H23NO4/c1-17-15-21(23(26)27)11-12-22(17)20-9-7-18(8-10-20)13-14-25-24(28)29-16-19-5-3-2-4-6-19/h2-12,15H,13-14,16H2,1H3,(H,25,28)(H,26,27). The second-order valence-electron chi connectivity index (χ2n) is 6.77. The molecule has 148 valence electrons. The molecule has 0 aliphatic carbocycles. The lowest BCUT2D eigenvalue weighted by atomic mass is 9.97. The van der Waals surface area contributed by atoms with Crippen molar-refractivity contribution >= 4 is 12.1 Å². The van der Waals surface area contributed by atoms with Crippen LogP contribution in [0.15, 0.2) is 72.8 Å². The number of rotatable bonds is 7. The number of aryl methyl sites for hydroxylation is 1. The summed E-state index contributed by atoms with van der Waals surface area (Å²) in [6.45, 7) is 2.64. The molecule has 0 atom stereocenters. The minimum atomic E-state index is -0.926. The minimum Gasteiger partial charge on any atom is -0.478 e. The largest absolute Gasteiger partial charge is 0.478 e. The van der Waals surface area contributed by atoms with Gasteiger partial charge in [-0.2, -0.15) is 0 Å². The van der Waals surface area contributed by atoms with Crippen LogP contribution in [0.2, 0.25) is 0 Å². The van der Waals surface area contributed by atoms with Gasteiger partial charge in [-0.25, -0.2) is 9.59 Å². The van der Waals surface area contributed by atoms with Crippen molar-refractivity contribution in [2.24, 2.45) is 0 Å². The molecule has 3 rings (SSSR count). The maximum Gasteiger partial charge on any atom is 0.407 e. The number of carbonyl (C=O) groups excluding carboxylic acids is 1. The fraction of sp³-hybridized carbons (Fsp3) is 0.167. The number of benzene rings is 3. The zero-order valence-corrected chi connectivity index (χ0v) is 16.2.